The van der Waals surface area contributed by atoms with Gasteiger partial charge in [0.05, 0.1) is 23.4 Å². The van der Waals surface area contributed by atoms with E-state index in [9.17, 15) is 27.6 Å². The third-order valence-electron chi connectivity index (χ3n) is 4.51. The summed E-state index contributed by atoms with van der Waals surface area (Å²) in [5.74, 6) is -1.07. The molecule has 3 aromatic rings. The molecule has 0 saturated carbocycles. The van der Waals surface area contributed by atoms with Gasteiger partial charge in [-0.15, -0.1) is 0 Å². The zero-order valence-corrected chi connectivity index (χ0v) is 18.6. The molecule has 0 radical (unpaired) electrons. The van der Waals surface area contributed by atoms with Crippen LogP contribution >= 0.6 is 11.8 Å². The Morgan fingerprint density at radius 2 is 1.76 bits per heavy atom. The first-order valence-corrected chi connectivity index (χ1v) is 11.2. The fraction of sp³-hybridized carbons (Fsp3) is 0.217. The number of rotatable bonds is 9. The topological polar surface area (TPSA) is 104 Å². The van der Waals surface area contributed by atoms with Crippen molar-refractivity contribution in [1.82, 2.24) is 15.3 Å². The smallest absolute Gasteiger partial charge is 0.355 e. The molecular formula is C23H21F3N4O3S. The normalized spacial score (nSPS) is 11.1. The number of H-pyrrole nitrogens is 1. The molecule has 0 bridgehead atoms. The Morgan fingerprint density at radius 3 is 2.50 bits per heavy atom. The third kappa shape index (κ3) is 8.07. The molecule has 0 aliphatic heterocycles. The lowest BCUT2D eigenvalue weighted by atomic mass is 10.1. The lowest BCUT2D eigenvalue weighted by Crippen LogP contribution is -2.28. The molecule has 0 fully saturated rings. The van der Waals surface area contributed by atoms with Crippen LogP contribution in [0.3, 0.4) is 0 Å². The van der Waals surface area contributed by atoms with Gasteiger partial charge in [-0.1, -0.05) is 48.2 Å². The van der Waals surface area contributed by atoms with Crippen LogP contribution in [0.25, 0.3) is 0 Å². The monoisotopic (exact) mass is 490 g/mol. The van der Waals surface area contributed by atoms with Crippen LogP contribution in [0.1, 0.15) is 16.8 Å². The number of alkyl halides is 3. The number of benzene rings is 2. The van der Waals surface area contributed by atoms with Crippen molar-refractivity contribution in [3.63, 3.8) is 0 Å². The van der Waals surface area contributed by atoms with Crippen molar-refractivity contribution in [2.24, 2.45) is 0 Å². The predicted molar refractivity (Wildman–Crippen MR) is 123 cm³/mol. The molecule has 0 atom stereocenters. The lowest BCUT2D eigenvalue weighted by molar-refractivity contribution is -0.137. The number of aromatic amines is 1. The van der Waals surface area contributed by atoms with Gasteiger partial charge in [0.1, 0.15) is 0 Å². The fourth-order valence-electron chi connectivity index (χ4n) is 2.96. The van der Waals surface area contributed by atoms with Crippen LogP contribution in [-0.2, 0) is 28.6 Å². The van der Waals surface area contributed by atoms with Crippen molar-refractivity contribution in [2.45, 2.75) is 24.2 Å². The van der Waals surface area contributed by atoms with E-state index < -0.39 is 23.2 Å². The maximum atomic E-state index is 12.8. The molecule has 178 valence electrons. The Labute approximate surface area is 197 Å². The van der Waals surface area contributed by atoms with Crippen molar-refractivity contribution < 1.29 is 22.8 Å². The minimum atomic E-state index is -4.52. The molecular weight excluding hydrogens is 469 g/mol. The fourth-order valence-corrected chi connectivity index (χ4v) is 3.66. The summed E-state index contributed by atoms with van der Waals surface area (Å²) in [5, 5.41) is 5.27. The molecule has 7 nitrogen and oxygen atoms in total. The van der Waals surface area contributed by atoms with Gasteiger partial charge in [0.25, 0.3) is 5.56 Å². The number of nitrogens with zero attached hydrogens (tertiary/aromatic N) is 1. The summed E-state index contributed by atoms with van der Waals surface area (Å²) in [4.78, 5) is 42.9. The van der Waals surface area contributed by atoms with E-state index in [-0.39, 0.29) is 34.6 Å². The van der Waals surface area contributed by atoms with Gasteiger partial charge in [-0.25, -0.2) is 4.98 Å². The van der Waals surface area contributed by atoms with Crippen LogP contribution in [0.2, 0.25) is 0 Å². The van der Waals surface area contributed by atoms with E-state index in [1.807, 2.05) is 30.3 Å². The maximum Gasteiger partial charge on any atom is 0.416 e. The Hall–Kier alpha value is -3.60. The zero-order valence-electron chi connectivity index (χ0n) is 17.8. The van der Waals surface area contributed by atoms with Gasteiger partial charge in [0, 0.05) is 18.3 Å². The van der Waals surface area contributed by atoms with E-state index in [2.05, 4.69) is 20.6 Å². The largest absolute Gasteiger partial charge is 0.416 e. The van der Waals surface area contributed by atoms with Crippen LogP contribution in [0.4, 0.5) is 18.9 Å². The molecule has 0 spiro atoms. The van der Waals surface area contributed by atoms with E-state index >= 15 is 0 Å². The summed E-state index contributed by atoms with van der Waals surface area (Å²) in [6.45, 7) is 0.434. The summed E-state index contributed by atoms with van der Waals surface area (Å²) >= 11 is 0.895. The lowest BCUT2D eigenvalue weighted by Gasteiger charge is -2.10. The van der Waals surface area contributed by atoms with Gasteiger partial charge in [-0.3, -0.25) is 14.4 Å². The molecule has 2 aromatic carbocycles. The number of halogens is 3. The highest BCUT2D eigenvalue weighted by atomic mass is 32.2. The molecule has 0 aliphatic rings. The minimum Gasteiger partial charge on any atom is -0.355 e. The number of amides is 2. The zero-order chi connectivity index (χ0) is 24.6. The second-order valence-electron chi connectivity index (χ2n) is 7.22. The number of carbonyl (C=O) groups is 2. The van der Waals surface area contributed by atoms with Crippen LogP contribution < -0.4 is 16.2 Å². The molecule has 1 aromatic heterocycles. The van der Waals surface area contributed by atoms with Gasteiger partial charge in [0.15, 0.2) is 5.16 Å². The average Bonchev–Trinajstić information content (AvgIpc) is 2.78. The first-order valence-electron chi connectivity index (χ1n) is 10.2. The number of nitrogens with one attached hydrogen (secondary N) is 3. The summed E-state index contributed by atoms with van der Waals surface area (Å²) in [6.07, 6.45) is -3.96. The number of hydrogen-bond acceptors (Lipinski definition) is 5. The van der Waals surface area contributed by atoms with E-state index in [1.165, 1.54) is 18.2 Å². The average molecular weight is 491 g/mol. The molecule has 0 unspecified atom stereocenters. The third-order valence-corrected chi connectivity index (χ3v) is 5.38. The molecule has 0 saturated heterocycles. The van der Waals surface area contributed by atoms with Gasteiger partial charge in [0.2, 0.25) is 11.8 Å². The molecule has 3 rings (SSSR count). The number of anilines is 1. The second-order valence-corrected chi connectivity index (χ2v) is 8.18. The summed E-state index contributed by atoms with van der Waals surface area (Å²) in [5.41, 5.74) is -0.0368. The Kier molecular flexibility index (Phi) is 8.47. The van der Waals surface area contributed by atoms with Gasteiger partial charge >= 0.3 is 6.18 Å². The van der Waals surface area contributed by atoms with E-state index in [0.717, 1.165) is 29.5 Å². The summed E-state index contributed by atoms with van der Waals surface area (Å²) in [6, 6.07) is 15.1. The van der Waals surface area contributed by atoms with E-state index in [0.29, 0.717) is 13.0 Å². The van der Waals surface area contributed by atoms with Crippen molar-refractivity contribution in [2.75, 3.05) is 17.6 Å². The van der Waals surface area contributed by atoms with Gasteiger partial charge in [-0.2, -0.15) is 13.2 Å². The summed E-state index contributed by atoms with van der Waals surface area (Å²) in [7, 11) is 0. The highest BCUT2D eigenvalue weighted by Gasteiger charge is 2.30. The quantitative estimate of drug-likeness (QED) is 0.315. The number of hydrogen-bond donors (Lipinski definition) is 3. The number of aromatic nitrogens is 2. The Balaban J connectivity index is 1.51. The van der Waals surface area contributed by atoms with Crippen molar-refractivity contribution in [1.29, 1.82) is 0 Å². The van der Waals surface area contributed by atoms with E-state index in [4.69, 9.17) is 0 Å². The van der Waals surface area contributed by atoms with Crippen molar-refractivity contribution in [3.8, 4) is 0 Å². The SMILES string of the molecule is O=C(Cc1cc(=O)[nH]c(SCC(=O)Nc2cccc(C(F)(F)F)c2)n1)NCCc1ccccc1. The van der Waals surface area contributed by atoms with Crippen LogP contribution in [0, 0.1) is 0 Å². The van der Waals surface area contributed by atoms with Crippen molar-refractivity contribution in [3.05, 3.63) is 87.8 Å². The first kappa shape index (κ1) is 25.0. The van der Waals surface area contributed by atoms with Crippen LogP contribution in [-0.4, -0.2) is 34.1 Å². The molecule has 11 heteroatoms. The molecule has 2 amide bonds. The number of carbonyl (C=O) groups excluding carboxylic acids is 2. The van der Waals surface area contributed by atoms with Crippen molar-refractivity contribution >= 4 is 29.3 Å². The Bertz CT molecular complexity index is 1200. The molecule has 34 heavy (non-hydrogen) atoms. The second kappa shape index (κ2) is 11.5. The highest BCUT2D eigenvalue weighted by molar-refractivity contribution is 7.99. The van der Waals surface area contributed by atoms with Crippen LogP contribution in [0.5, 0.6) is 0 Å². The number of thioether (sulfide) groups is 1. The minimum absolute atomic E-state index is 0.00259. The molecule has 1 heterocycles. The summed E-state index contributed by atoms with van der Waals surface area (Å²) < 4.78 is 38.4. The highest BCUT2D eigenvalue weighted by Crippen LogP contribution is 2.30. The van der Waals surface area contributed by atoms with Gasteiger partial charge < -0.3 is 15.6 Å². The van der Waals surface area contributed by atoms with Gasteiger partial charge in [-0.05, 0) is 30.2 Å². The molecule has 3 N–H and O–H groups in total. The maximum absolute atomic E-state index is 12.8. The molecule has 0 aliphatic carbocycles. The first-order chi connectivity index (χ1) is 16.2. The standard InChI is InChI=1S/C23H21F3N4O3S/c24-23(25,26)16-7-4-8-17(11-16)28-21(33)14-34-22-29-18(13-20(32)30-22)12-19(31)27-10-9-15-5-2-1-3-6-15/h1-8,11,13H,9-10,12,14H2,(H,27,31)(H,28,33)(H,29,30,32). The van der Waals surface area contributed by atoms with E-state index in [1.54, 1.807) is 0 Å². The Morgan fingerprint density at radius 1 is 1.00 bits per heavy atom. The van der Waals surface area contributed by atoms with Crippen LogP contribution in [0.15, 0.2) is 70.6 Å². The predicted octanol–water partition coefficient (Wildman–Crippen LogP) is 3.42.